The Hall–Kier alpha value is -0.280. The van der Waals surface area contributed by atoms with Gasteiger partial charge in [-0.3, -0.25) is 0 Å². The summed E-state index contributed by atoms with van der Waals surface area (Å²) < 4.78 is 1.61. The molecule has 0 spiro atoms. The van der Waals surface area contributed by atoms with Crippen LogP contribution in [0, 0.1) is 0 Å². The number of nitrogens with zero attached hydrogens (tertiary/aromatic N) is 3. The summed E-state index contributed by atoms with van der Waals surface area (Å²) >= 11 is 5.55. The SMILES string of the molecule is CC(C)(C)c1ncn(CCl)n1.Cl. The van der Waals surface area contributed by atoms with Gasteiger partial charge in [0, 0.05) is 5.41 Å². The van der Waals surface area contributed by atoms with Gasteiger partial charge < -0.3 is 0 Å². The average molecular weight is 210 g/mol. The Kier molecular flexibility index (Phi) is 4.00. The first-order valence-corrected chi connectivity index (χ1v) is 4.03. The molecule has 1 rings (SSSR count). The van der Waals surface area contributed by atoms with Crippen LogP contribution < -0.4 is 0 Å². The first-order valence-electron chi connectivity index (χ1n) is 3.50. The van der Waals surface area contributed by atoms with Crippen molar-refractivity contribution in [3.63, 3.8) is 0 Å². The van der Waals surface area contributed by atoms with Gasteiger partial charge in [-0.15, -0.1) is 24.0 Å². The van der Waals surface area contributed by atoms with E-state index in [1.165, 1.54) is 0 Å². The van der Waals surface area contributed by atoms with Crippen LogP contribution in [0.1, 0.15) is 26.6 Å². The number of alkyl halides is 1. The largest absolute Gasteiger partial charge is 0.238 e. The summed E-state index contributed by atoms with van der Waals surface area (Å²) in [6, 6.07) is 0.364. The molecule has 3 nitrogen and oxygen atoms in total. The van der Waals surface area contributed by atoms with E-state index in [2.05, 4.69) is 30.9 Å². The molecule has 0 saturated heterocycles. The van der Waals surface area contributed by atoms with Gasteiger partial charge >= 0.3 is 0 Å². The molecule has 0 aliphatic rings. The fraction of sp³-hybridized carbons (Fsp3) is 0.714. The maximum atomic E-state index is 5.55. The minimum absolute atomic E-state index is 0. The summed E-state index contributed by atoms with van der Waals surface area (Å²) in [7, 11) is 0. The van der Waals surface area contributed by atoms with Crippen molar-refractivity contribution in [3.05, 3.63) is 12.2 Å². The maximum absolute atomic E-state index is 5.55. The van der Waals surface area contributed by atoms with Crippen LogP contribution in [-0.4, -0.2) is 14.8 Å². The van der Waals surface area contributed by atoms with E-state index in [0.717, 1.165) is 5.82 Å². The van der Waals surface area contributed by atoms with Crippen molar-refractivity contribution in [2.24, 2.45) is 0 Å². The highest BCUT2D eigenvalue weighted by molar-refractivity contribution is 6.15. The molecule has 12 heavy (non-hydrogen) atoms. The summed E-state index contributed by atoms with van der Waals surface area (Å²) in [5, 5.41) is 4.17. The summed E-state index contributed by atoms with van der Waals surface area (Å²) in [5.41, 5.74) is 0.0112. The highest BCUT2D eigenvalue weighted by Crippen LogP contribution is 2.16. The van der Waals surface area contributed by atoms with Gasteiger partial charge in [-0.05, 0) is 0 Å². The molecule has 0 radical (unpaired) electrons. The number of aromatic nitrogens is 3. The van der Waals surface area contributed by atoms with Gasteiger partial charge in [-0.2, -0.15) is 5.10 Å². The highest BCUT2D eigenvalue weighted by atomic mass is 35.5. The summed E-state index contributed by atoms with van der Waals surface area (Å²) in [6.45, 7) is 6.21. The third-order valence-electron chi connectivity index (χ3n) is 1.33. The second-order valence-electron chi connectivity index (χ2n) is 3.48. The van der Waals surface area contributed by atoms with E-state index in [1.807, 2.05) is 0 Å². The van der Waals surface area contributed by atoms with Crippen LogP contribution in [0.25, 0.3) is 0 Å². The lowest BCUT2D eigenvalue weighted by Crippen LogP contribution is -2.14. The summed E-state index contributed by atoms with van der Waals surface area (Å²) in [5.74, 6) is 0.832. The standard InChI is InChI=1S/C7H12ClN3.ClH/c1-7(2,3)6-9-5-11(4-8)10-6;/h5H,4H2,1-3H3;1H. The Morgan fingerprint density at radius 2 is 2.08 bits per heavy atom. The second-order valence-corrected chi connectivity index (χ2v) is 3.72. The first kappa shape index (κ1) is 11.7. The van der Waals surface area contributed by atoms with E-state index < -0.39 is 0 Å². The van der Waals surface area contributed by atoms with Gasteiger partial charge in [0.1, 0.15) is 12.3 Å². The van der Waals surface area contributed by atoms with Crippen molar-refractivity contribution in [1.29, 1.82) is 0 Å². The minimum Gasteiger partial charge on any atom is -0.238 e. The Morgan fingerprint density at radius 1 is 1.50 bits per heavy atom. The topological polar surface area (TPSA) is 30.7 Å². The van der Waals surface area contributed by atoms with E-state index >= 15 is 0 Å². The molecule has 1 heterocycles. The molecule has 0 unspecified atom stereocenters. The first-order chi connectivity index (χ1) is 5.04. The van der Waals surface area contributed by atoms with Crippen molar-refractivity contribution < 1.29 is 0 Å². The van der Waals surface area contributed by atoms with Crippen LogP contribution in [0.5, 0.6) is 0 Å². The molecule has 0 N–H and O–H groups in total. The van der Waals surface area contributed by atoms with E-state index in [4.69, 9.17) is 11.6 Å². The minimum atomic E-state index is 0. The van der Waals surface area contributed by atoms with Crippen molar-refractivity contribution in [1.82, 2.24) is 14.8 Å². The van der Waals surface area contributed by atoms with E-state index in [-0.39, 0.29) is 17.8 Å². The van der Waals surface area contributed by atoms with Crippen LogP contribution in [-0.2, 0) is 11.4 Å². The maximum Gasteiger partial charge on any atom is 0.155 e. The van der Waals surface area contributed by atoms with Gasteiger partial charge in [0.2, 0.25) is 0 Å². The lowest BCUT2D eigenvalue weighted by Gasteiger charge is -2.11. The zero-order valence-corrected chi connectivity index (χ0v) is 8.98. The monoisotopic (exact) mass is 209 g/mol. The third kappa shape index (κ3) is 2.64. The molecule has 0 aliphatic carbocycles. The normalized spacial score (nSPS) is 11.0. The van der Waals surface area contributed by atoms with Crippen molar-refractivity contribution in [3.8, 4) is 0 Å². The van der Waals surface area contributed by atoms with E-state index in [9.17, 15) is 0 Å². The quantitative estimate of drug-likeness (QED) is 0.665. The van der Waals surface area contributed by atoms with Crippen molar-refractivity contribution in [2.45, 2.75) is 32.2 Å². The molecule has 0 aliphatic heterocycles. The molecular formula is C7H13Cl2N3. The Labute approximate surface area is 83.5 Å². The van der Waals surface area contributed by atoms with Crippen molar-refractivity contribution in [2.75, 3.05) is 0 Å². The summed E-state index contributed by atoms with van der Waals surface area (Å²) in [6.07, 6.45) is 1.65. The fourth-order valence-corrected chi connectivity index (χ4v) is 0.811. The van der Waals surface area contributed by atoms with Gasteiger partial charge in [-0.25, -0.2) is 9.67 Å². The predicted octanol–water partition coefficient (Wildman–Crippen LogP) is 2.19. The molecule has 0 amide bonds. The average Bonchev–Trinajstić information content (AvgIpc) is 2.32. The van der Waals surface area contributed by atoms with Crippen molar-refractivity contribution >= 4 is 24.0 Å². The molecule has 0 saturated carbocycles. The summed E-state index contributed by atoms with van der Waals surface area (Å²) in [4.78, 5) is 4.13. The molecule has 0 aromatic carbocycles. The molecule has 1 aromatic rings. The molecule has 0 fully saturated rings. The van der Waals surface area contributed by atoms with Gasteiger partial charge in [0.25, 0.3) is 0 Å². The van der Waals surface area contributed by atoms with Gasteiger partial charge in [0.05, 0.1) is 0 Å². The van der Waals surface area contributed by atoms with E-state index in [1.54, 1.807) is 11.0 Å². The Balaban J connectivity index is 0.00000121. The van der Waals surface area contributed by atoms with Crippen LogP contribution in [0.3, 0.4) is 0 Å². The van der Waals surface area contributed by atoms with Crippen LogP contribution in [0.15, 0.2) is 6.33 Å². The zero-order chi connectivity index (χ0) is 8.48. The molecule has 0 bridgehead atoms. The second kappa shape index (κ2) is 4.10. The smallest absolute Gasteiger partial charge is 0.155 e. The van der Waals surface area contributed by atoms with Crippen LogP contribution >= 0.6 is 24.0 Å². The number of hydrogen-bond donors (Lipinski definition) is 0. The number of halogens is 2. The zero-order valence-electron chi connectivity index (χ0n) is 7.41. The van der Waals surface area contributed by atoms with Gasteiger partial charge in [-0.1, -0.05) is 20.8 Å². The van der Waals surface area contributed by atoms with Gasteiger partial charge in [0.15, 0.2) is 5.82 Å². The lowest BCUT2D eigenvalue weighted by molar-refractivity contribution is 0.537. The molecule has 70 valence electrons. The number of rotatable bonds is 1. The molecule has 5 heteroatoms. The Morgan fingerprint density at radius 3 is 2.33 bits per heavy atom. The number of hydrogen-bond acceptors (Lipinski definition) is 2. The molecule has 1 aromatic heterocycles. The molecular weight excluding hydrogens is 197 g/mol. The van der Waals surface area contributed by atoms with E-state index in [0.29, 0.717) is 6.00 Å². The highest BCUT2D eigenvalue weighted by Gasteiger charge is 2.18. The molecule has 0 atom stereocenters. The fourth-order valence-electron chi connectivity index (χ4n) is 0.696. The van der Waals surface area contributed by atoms with Crippen LogP contribution in [0.4, 0.5) is 0 Å². The lowest BCUT2D eigenvalue weighted by atomic mass is 9.96. The Bertz CT molecular complexity index is 239. The predicted molar refractivity (Wildman–Crippen MR) is 51.8 cm³/mol. The third-order valence-corrected chi connectivity index (χ3v) is 1.57. The van der Waals surface area contributed by atoms with Crippen LogP contribution in [0.2, 0.25) is 0 Å².